The molecule has 1 heterocycles. The van der Waals surface area contributed by atoms with Gasteiger partial charge < -0.3 is 10.6 Å². The summed E-state index contributed by atoms with van der Waals surface area (Å²) in [6.07, 6.45) is 3.11. The molecule has 1 aromatic heterocycles. The number of anilines is 1. The number of rotatable bonds is 7. The van der Waals surface area contributed by atoms with Gasteiger partial charge in [0.05, 0.1) is 0 Å². The highest BCUT2D eigenvalue weighted by Crippen LogP contribution is 2.06. The third kappa shape index (κ3) is 6.03. The van der Waals surface area contributed by atoms with Gasteiger partial charge in [-0.25, -0.2) is 0 Å². The van der Waals surface area contributed by atoms with E-state index in [-0.39, 0.29) is 11.8 Å². The molecule has 0 atom stereocenters. The summed E-state index contributed by atoms with van der Waals surface area (Å²) in [5.41, 5.74) is 0.917. The van der Waals surface area contributed by atoms with Crippen molar-refractivity contribution in [3.8, 4) is 0 Å². The van der Waals surface area contributed by atoms with Gasteiger partial charge in [0.25, 0.3) is 0 Å². The number of nitrogens with one attached hydrogen (secondary N) is 3. The molecule has 1 aromatic rings. The van der Waals surface area contributed by atoms with Gasteiger partial charge >= 0.3 is 0 Å². The quantitative estimate of drug-likeness (QED) is 0.640. The molecule has 1 rings (SSSR count). The third-order valence-electron chi connectivity index (χ3n) is 2.43. The molecule has 0 aromatic carbocycles. The van der Waals surface area contributed by atoms with Crippen LogP contribution in [0, 0.1) is 6.92 Å². The average molecular weight is 252 g/mol. The van der Waals surface area contributed by atoms with Gasteiger partial charge in [-0.2, -0.15) is 5.10 Å². The van der Waals surface area contributed by atoms with E-state index in [1.165, 1.54) is 6.92 Å². The molecule has 3 N–H and O–H groups in total. The van der Waals surface area contributed by atoms with Crippen LogP contribution in [-0.2, 0) is 9.59 Å². The second kappa shape index (κ2) is 7.47. The van der Waals surface area contributed by atoms with Gasteiger partial charge in [0.2, 0.25) is 11.8 Å². The van der Waals surface area contributed by atoms with Gasteiger partial charge in [0.15, 0.2) is 5.82 Å². The normalized spacial score (nSPS) is 10.1. The highest BCUT2D eigenvalue weighted by molar-refractivity contribution is 5.89. The molecule has 2 amide bonds. The molecule has 0 fully saturated rings. The minimum atomic E-state index is -0.0268. The summed E-state index contributed by atoms with van der Waals surface area (Å²) in [7, 11) is 0. The van der Waals surface area contributed by atoms with Crippen LogP contribution < -0.4 is 10.6 Å². The standard InChI is InChI=1S/C12H20N4O2/c1-9-8-11(16-15-9)14-12(18)6-4-3-5-7-13-10(2)17/h8H,3-7H2,1-2H3,(H,13,17)(H2,14,15,16,18). The number of carbonyl (C=O) groups excluding carboxylic acids is 2. The summed E-state index contributed by atoms with van der Waals surface area (Å²) in [4.78, 5) is 22.1. The first kappa shape index (κ1) is 14.2. The van der Waals surface area contributed by atoms with E-state index in [2.05, 4.69) is 20.8 Å². The van der Waals surface area contributed by atoms with E-state index in [1.807, 2.05) is 6.92 Å². The first-order valence-corrected chi connectivity index (χ1v) is 6.14. The molecule has 6 nitrogen and oxygen atoms in total. The van der Waals surface area contributed by atoms with E-state index in [9.17, 15) is 9.59 Å². The van der Waals surface area contributed by atoms with Crippen LogP contribution in [0.25, 0.3) is 0 Å². The summed E-state index contributed by atoms with van der Waals surface area (Å²) in [6.45, 7) is 4.06. The second-order valence-corrected chi connectivity index (χ2v) is 4.28. The van der Waals surface area contributed by atoms with Crippen LogP contribution in [0.3, 0.4) is 0 Å². The van der Waals surface area contributed by atoms with Gasteiger partial charge in [-0.15, -0.1) is 0 Å². The SMILES string of the molecule is CC(=O)NCCCCCC(=O)Nc1cc(C)[nH]n1. The number of H-pyrrole nitrogens is 1. The Bertz CT molecular complexity index is 401. The van der Waals surface area contributed by atoms with Crippen molar-refractivity contribution in [3.63, 3.8) is 0 Å². The molecule has 0 aliphatic rings. The Morgan fingerprint density at radius 1 is 1.33 bits per heavy atom. The Labute approximate surface area is 107 Å². The van der Waals surface area contributed by atoms with Crippen molar-refractivity contribution >= 4 is 17.6 Å². The molecule has 6 heteroatoms. The zero-order valence-corrected chi connectivity index (χ0v) is 10.9. The van der Waals surface area contributed by atoms with E-state index in [0.717, 1.165) is 25.0 Å². The summed E-state index contributed by atoms with van der Waals surface area (Å²) in [6, 6.07) is 1.79. The van der Waals surface area contributed by atoms with Gasteiger partial charge in [-0.05, 0) is 19.8 Å². The number of amides is 2. The number of carbonyl (C=O) groups is 2. The van der Waals surface area contributed by atoms with Crippen molar-refractivity contribution in [1.82, 2.24) is 15.5 Å². The van der Waals surface area contributed by atoms with Gasteiger partial charge in [0.1, 0.15) is 0 Å². The molecule has 100 valence electrons. The van der Waals surface area contributed by atoms with Crippen molar-refractivity contribution < 1.29 is 9.59 Å². The van der Waals surface area contributed by atoms with Crippen LogP contribution in [-0.4, -0.2) is 28.6 Å². The highest BCUT2D eigenvalue weighted by Gasteiger charge is 2.04. The van der Waals surface area contributed by atoms with Crippen molar-refractivity contribution in [2.45, 2.75) is 39.5 Å². The maximum Gasteiger partial charge on any atom is 0.225 e. The summed E-state index contributed by atoms with van der Waals surface area (Å²) in [5.74, 6) is 0.526. The Kier molecular flexibility index (Phi) is 5.90. The van der Waals surface area contributed by atoms with E-state index in [1.54, 1.807) is 6.07 Å². The number of hydrogen-bond acceptors (Lipinski definition) is 3. The lowest BCUT2D eigenvalue weighted by molar-refractivity contribution is -0.119. The smallest absolute Gasteiger partial charge is 0.225 e. The Balaban J connectivity index is 2.05. The van der Waals surface area contributed by atoms with E-state index >= 15 is 0 Å². The fourth-order valence-electron chi connectivity index (χ4n) is 1.54. The Morgan fingerprint density at radius 3 is 2.72 bits per heavy atom. The average Bonchev–Trinajstić information content (AvgIpc) is 2.68. The van der Waals surface area contributed by atoms with E-state index < -0.39 is 0 Å². The molecule has 0 unspecified atom stereocenters. The van der Waals surface area contributed by atoms with Gasteiger partial charge in [0, 0.05) is 31.6 Å². The summed E-state index contributed by atoms with van der Waals surface area (Å²) >= 11 is 0. The Morgan fingerprint density at radius 2 is 2.11 bits per heavy atom. The highest BCUT2D eigenvalue weighted by atomic mass is 16.2. The lowest BCUT2D eigenvalue weighted by Gasteiger charge is -2.03. The second-order valence-electron chi connectivity index (χ2n) is 4.28. The Hall–Kier alpha value is -1.85. The number of unbranched alkanes of at least 4 members (excludes halogenated alkanes) is 2. The van der Waals surface area contributed by atoms with Gasteiger partial charge in [-0.3, -0.25) is 14.7 Å². The molecule has 0 saturated heterocycles. The van der Waals surface area contributed by atoms with Crippen LogP contribution in [0.15, 0.2) is 6.07 Å². The fourth-order valence-corrected chi connectivity index (χ4v) is 1.54. The molecule has 0 bridgehead atoms. The first-order chi connectivity index (χ1) is 8.58. The minimum Gasteiger partial charge on any atom is -0.356 e. The van der Waals surface area contributed by atoms with Crippen LogP contribution >= 0.6 is 0 Å². The minimum absolute atomic E-state index is 0.0124. The number of nitrogens with zero attached hydrogens (tertiary/aromatic N) is 1. The molecule has 0 radical (unpaired) electrons. The number of aromatic amines is 1. The maximum atomic E-state index is 11.5. The predicted molar refractivity (Wildman–Crippen MR) is 69.1 cm³/mol. The van der Waals surface area contributed by atoms with Crippen LogP contribution in [0.2, 0.25) is 0 Å². The zero-order valence-electron chi connectivity index (χ0n) is 10.9. The molecule has 0 spiro atoms. The topological polar surface area (TPSA) is 86.9 Å². The number of hydrogen-bond donors (Lipinski definition) is 3. The largest absolute Gasteiger partial charge is 0.356 e. The fraction of sp³-hybridized carbons (Fsp3) is 0.583. The van der Waals surface area contributed by atoms with Gasteiger partial charge in [-0.1, -0.05) is 6.42 Å². The number of aromatic nitrogens is 2. The lowest BCUT2D eigenvalue weighted by atomic mass is 10.2. The number of aryl methyl sites for hydroxylation is 1. The molecular formula is C12H20N4O2. The lowest BCUT2D eigenvalue weighted by Crippen LogP contribution is -2.20. The first-order valence-electron chi connectivity index (χ1n) is 6.14. The van der Waals surface area contributed by atoms with Crippen molar-refractivity contribution in [2.24, 2.45) is 0 Å². The summed E-state index contributed by atoms with van der Waals surface area (Å²) < 4.78 is 0. The van der Waals surface area contributed by atoms with Crippen molar-refractivity contribution in [2.75, 3.05) is 11.9 Å². The molecule has 0 aliphatic carbocycles. The van der Waals surface area contributed by atoms with E-state index in [4.69, 9.17) is 0 Å². The molecule has 0 aliphatic heterocycles. The summed E-state index contributed by atoms with van der Waals surface area (Å²) in [5, 5.41) is 12.1. The van der Waals surface area contributed by atoms with E-state index in [0.29, 0.717) is 18.8 Å². The third-order valence-corrected chi connectivity index (χ3v) is 2.43. The monoisotopic (exact) mass is 252 g/mol. The van der Waals surface area contributed by atoms with Crippen LogP contribution in [0.1, 0.15) is 38.3 Å². The molecule has 0 saturated carbocycles. The van der Waals surface area contributed by atoms with Crippen LogP contribution in [0.4, 0.5) is 5.82 Å². The van der Waals surface area contributed by atoms with Crippen molar-refractivity contribution in [3.05, 3.63) is 11.8 Å². The predicted octanol–water partition coefficient (Wildman–Crippen LogP) is 1.35. The maximum absolute atomic E-state index is 11.5. The molecular weight excluding hydrogens is 232 g/mol. The molecule has 18 heavy (non-hydrogen) atoms. The van der Waals surface area contributed by atoms with Crippen LogP contribution in [0.5, 0.6) is 0 Å². The zero-order chi connectivity index (χ0) is 13.4. The van der Waals surface area contributed by atoms with Crippen molar-refractivity contribution in [1.29, 1.82) is 0 Å².